The molecule has 0 spiro atoms. The number of fused-ring (bicyclic) bond motifs is 1. The summed E-state index contributed by atoms with van der Waals surface area (Å²) in [5.74, 6) is -1.81. The molecule has 1 aliphatic carbocycles. The van der Waals surface area contributed by atoms with Crippen molar-refractivity contribution in [3.8, 4) is 5.69 Å². The molecular formula is C23H25FN4O3. The van der Waals surface area contributed by atoms with Gasteiger partial charge >= 0.3 is 0 Å². The molecule has 0 radical (unpaired) electrons. The second-order valence-electron chi connectivity index (χ2n) is 9.02. The van der Waals surface area contributed by atoms with E-state index in [1.54, 1.807) is 18.2 Å². The Hall–Kier alpha value is -3.29. The predicted octanol–water partition coefficient (Wildman–Crippen LogP) is 3.20. The first-order chi connectivity index (χ1) is 14.6. The Morgan fingerprint density at radius 1 is 1.10 bits per heavy atom. The molecule has 1 aromatic heterocycles. The van der Waals surface area contributed by atoms with Crippen molar-refractivity contribution in [3.63, 3.8) is 0 Å². The van der Waals surface area contributed by atoms with Gasteiger partial charge in [-0.1, -0.05) is 32.9 Å². The largest absolute Gasteiger partial charge is 0.309 e. The first kappa shape index (κ1) is 21.0. The number of carbonyl (C=O) groups excluding carboxylic acids is 3. The number of anilines is 1. The van der Waals surface area contributed by atoms with Crippen LogP contribution in [0.4, 0.5) is 10.2 Å². The fourth-order valence-corrected chi connectivity index (χ4v) is 3.97. The SMILES string of the molecule is CC(C)(C)c1cc(NC(=O)CN2C(=O)[C@H]3CC=CC[C@@H]3C2=O)n(-c2ccc(F)cc2)n1. The maximum Gasteiger partial charge on any atom is 0.245 e. The number of rotatable bonds is 4. The van der Waals surface area contributed by atoms with Gasteiger partial charge in [-0.2, -0.15) is 5.10 Å². The Labute approximate surface area is 179 Å². The van der Waals surface area contributed by atoms with Gasteiger partial charge in [-0.15, -0.1) is 0 Å². The number of likely N-dealkylation sites (tertiary alicyclic amines) is 1. The number of nitrogens with zero attached hydrogens (tertiary/aromatic N) is 3. The predicted molar refractivity (Wildman–Crippen MR) is 113 cm³/mol. The number of aromatic nitrogens is 2. The Kier molecular flexibility index (Phi) is 5.24. The van der Waals surface area contributed by atoms with Gasteiger partial charge in [0.25, 0.3) is 0 Å². The molecule has 4 rings (SSSR count). The number of carbonyl (C=O) groups is 3. The Balaban J connectivity index is 1.56. The summed E-state index contributed by atoms with van der Waals surface area (Å²) in [6.07, 6.45) is 4.87. The van der Waals surface area contributed by atoms with Crippen molar-refractivity contribution in [1.82, 2.24) is 14.7 Å². The summed E-state index contributed by atoms with van der Waals surface area (Å²) in [4.78, 5) is 39.1. The number of halogens is 1. The fourth-order valence-electron chi connectivity index (χ4n) is 3.97. The van der Waals surface area contributed by atoms with E-state index in [0.29, 0.717) is 24.3 Å². The van der Waals surface area contributed by atoms with Crippen molar-refractivity contribution in [3.05, 3.63) is 54.0 Å². The summed E-state index contributed by atoms with van der Waals surface area (Å²) in [6, 6.07) is 7.51. The van der Waals surface area contributed by atoms with Crippen LogP contribution in [0.2, 0.25) is 0 Å². The summed E-state index contributed by atoms with van der Waals surface area (Å²) in [5, 5.41) is 7.35. The summed E-state index contributed by atoms with van der Waals surface area (Å²) in [6.45, 7) is 5.64. The second-order valence-corrected chi connectivity index (χ2v) is 9.02. The Bertz CT molecular complexity index is 1040. The van der Waals surface area contributed by atoms with Crippen molar-refractivity contribution in [2.24, 2.45) is 11.8 Å². The molecule has 31 heavy (non-hydrogen) atoms. The lowest BCUT2D eigenvalue weighted by Crippen LogP contribution is -2.38. The van der Waals surface area contributed by atoms with Gasteiger partial charge in [0, 0.05) is 11.5 Å². The molecule has 2 atom stereocenters. The van der Waals surface area contributed by atoms with Crippen LogP contribution in [-0.2, 0) is 19.8 Å². The smallest absolute Gasteiger partial charge is 0.245 e. The van der Waals surface area contributed by atoms with E-state index in [0.717, 1.165) is 10.6 Å². The van der Waals surface area contributed by atoms with Crippen molar-refractivity contribution >= 4 is 23.5 Å². The molecule has 1 aliphatic heterocycles. The van der Waals surface area contributed by atoms with E-state index in [4.69, 9.17) is 0 Å². The van der Waals surface area contributed by atoms with Gasteiger partial charge in [0.05, 0.1) is 23.2 Å². The third-order valence-corrected chi connectivity index (χ3v) is 5.72. The number of allylic oxidation sites excluding steroid dienone is 2. The van der Waals surface area contributed by atoms with Crippen LogP contribution in [0, 0.1) is 17.7 Å². The topological polar surface area (TPSA) is 84.3 Å². The zero-order valence-corrected chi connectivity index (χ0v) is 17.8. The van der Waals surface area contributed by atoms with Crippen molar-refractivity contribution in [2.45, 2.75) is 39.0 Å². The molecule has 0 bridgehead atoms. The summed E-state index contributed by atoms with van der Waals surface area (Å²) in [5.41, 5.74) is 1.03. The second kappa shape index (κ2) is 7.76. The molecule has 2 aliphatic rings. The maximum atomic E-state index is 13.4. The molecule has 1 N–H and O–H groups in total. The zero-order chi connectivity index (χ0) is 22.3. The van der Waals surface area contributed by atoms with Gasteiger partial charge in [0.2, 0.25) is 17.7 Å². The normalized spacial score (nSPS) is 20.8. The average Bonchev–Trinajstić information content (AvgIpc) is 3.24. The highest BCUT2D eigenvalue weighted by atomic mass is 19.1. The van der Waals surface area contributed by atoms with Crippen LogP contribution in [0.5, 0.6) is 0 Å². The van der Waals surface area contributed by atoms with Crippen LogP contribution in [0.15, 0.2) is 42.5 Å². The highest BCUT2D eigenvalue weighted by Crippen LogP contribution is 2.35. The first-order valence-electron chi connectivity index (χ1n) is 10.3. The fraction of sp³-hybridized carbons (Fsp3) is 0.391. The monoisotopic (exact) mass is 424 g/mol. The van der Waals surface area contributed by atoms with E-state index in [2.05, 4.69) is 10.4 Å². The van der Waals surface area contributed by atoms with Crippen LogP contribution >= 0.6 is 0 Å². The number of nitrogens with one attached hydrogen (secondary N) is 1. The van der Waals surface area contributed by atoms with Gasteiger partial charge in [-0.05, 0) is 37.1 Å². The average molecular weight is 424 g/mol. The highest BCUT2D eigenvalue weighted by molar-refractivity contribution is 6.08. The van der Waals surface area contributed by atoms with Gasteiger partial charge in [0.15, 0.2) is 0 Å². The van der Waals surface area contributed by atoms with Crippen molar-refractivity contribution in [2.75, 3.05) is 11.9 Å². The van der Waals surface area contributed by atoms with E-state index in [1.165, 1.54) is 16.8 Å². The molecule has 3 amide bonds. The molecular weight excluding hydrogens is 399 g/mol. The quantitative estimate of drug-likeness (QED) is 0.603. The van der Waals surface area contributed by atoms with E-state index >= 15 is 0 Å². The zero-order valence-electron chi connectivity index (χ0n) is 17.8. The van der Waals surface area contributed by atoms with Gasteiger partial charge in [-0.3, -0.25) is 19.3 Å². The summed E-state index contributed by atoms with van der Waals surface area (Å²) < 4.78 is 14.9. The third kappa shape index (κ3) is 4.02. The van der Waals surface area contributed by atoms with Crippen LogP contribution in [-0.4, -0.2) is 38.9 Å². The molecule has 2 heterocycles. The number of hydrogen-bond donors (Lipinski definition) is 1. The van der Waals surface area contributed by atoms with E-state index in [-0.39, 0.29) is 41.4 Å². The molecule has 8 heteroatoms. The standard InChI is InChI=1S/C23H25FN4O3/c1-23(2,3)18-12-19(28(26-18)15-10-8-14(24)9-11-15)25-20(29)13-27-21(30)16-6-4-5-7-17(16)22(27)31/h4-5,8-12,16-17H,6-7,13H2,1-3H3,(H,25,29)/t16-,17-/m0/s1. The molecule has 0 saturated carbocycles. The minimum absolute atomic E-state index is 0.283. The maximum absolute atomic E-state index is 13.4. The van der Waals surface area contributed by atoms with Crippen molar-refractivity contribution < 1.29 is 18.8 Å². The number of benzene rings is 1. The molecule has 1 saturated heterocycles. The Morgan fingerprint density at radius 2 is 1.68 bits per heavy atom. The molecule has 162 valence electrons. The molecule has 1 aromatic carbocycles. The Morgan fingerprint density at radius 3 is 2.23 bits per heavy atom. The minimum atomic E-state index is -0.489. The van der Waals surface area contributed by atoms with E-state index in [9.17, 15) is 18.8 Å². The molecule has 1 fully saturated rings. The molecule has 7 nitrogen and oxygen atoms in total. The lowest BCUT2D eigenvalue weighted by molar-refractivity contribution is -0.142. The van der Waals surface area contributed by atoms with E-state index < -0.39 is 5.91 Å². The van der Waals surface area contributed by atoms with Gasteiger partial charge in [-0.25, -0.2) is 9.07 Å². The van der Waals surface area contributed by atoms with Crippen LogP contribution < -0.4 is 5.32 Å². The van der Waals surface area contributed by atoms with Crippen molar-refractivity contribution in [1.29, 1.82) is 0 Å². The number of amides is 3. The first-order valence-corrected chi connectivity index (χ1v) is 10.3. The van der Waals surface area contributed by atoms with E-state index in [1.807, 2.05) is 32.9 Å². The number of imide groups is 1. The molecule has 0 unspecified atom stereocenters. The highest BCUT2D eigenvalue weighted by Gasteiger charge is 2.47. The van der Waals surface area contributed by atoms with Crippen LogP contribution in [0.25, 0.3) is 5.69 Å². The number of hydrogen-bond acceptors (Lipinski definition) is 4. The lowest BCUT2D eigenvalue weighted by Gasteiger charge is -2.15. The van der Waals surface area contributed by atoms with Gasteiger partial charge in [0.1, 0.15) is 18.2 Å². The third-order valence-electron chi connectivity index (χ3n) is 5.72. The summed E-state index contributed by atoms with van der Waals surface area (Å²) in [7, 11) is 0. The minimum Gasteiger partial charge on any atom is -0.309 e. The lowest BCUT2D eigenvalue weighted by atomic mass is 9.85. The molecule has 2 aromatic rings. The van der Waals surface area contributed by atoms with Crippen LogP contribution in [0.3, 0.4) is 0 Å². The summed E-state index contributed by atoms with van der Waals surface area (Å²) >= 11 is 0. The van der Waals surface area contributed by atoms with Gasteiger partial charge < -0.3 is 5.32 Å². The van der Waals surface area contributed by atoms with Crippen LogP contribution in [0.1, 0.15) is 39.3 Å².